The van der Waals surface area contributed by atoms with Crippen molar-refractivity contribution in [2.24, 2.45) is 5.84 Å². The highest BCUT2D eigenvalue weighted by Gasteiger charge is 2.17. The topological polar surface area (TPSA) is 47.3 Å². The second-order valence-corrected chi connectivity index (χ2v) is 5.41. The van der Waals surface area contributed by atoms with Crippen molar-refractivity contribution < 1.29 is 4.74 Å². The fraction of sp³-hybridized carbons (Fsp3) is 0.294. The summed E-state index contributed by atoms with van der Waals surface area (Å²) in [6.07, 6.45) is 2.23. The SMILES string of the molecule is CCCc1ccc(C(NN)c2ccc(Cl)cc2OC)cc1. The van der Waals surface area contributed by atoms with Gasteiger partial charge in [-0.1, -0.05) is 55.3 Å². The number of rotatable bonds is 6. The van der Waals surface area contributed by atoms with Gasteiger partial charge in [0.15, 0.2) is 0 Å². The number of hydrogen-bond donors (Lipinski definition) is 2. The highest BCUT2D eigenvalue weighted by atomic mass is 35.5. The van der Waals surface area contributed by atoms with E-state index < -0.39 is 0 Å². The molecule has 0 saturated carbocycles. The summed E-state index contributed by atoms with van der Waals surface area (Å²) in [5.74, 6) is 6.48. The zero-order chi connectivity index (χ0) is 15.2. The largest absolute Gasteiger partial charge is 0.496 e. The molecular formula is C17H21ClN2O. The van der Waals surface area contributed by atoms with Crippen LogP contribution < -0.4 is 16.0 Å². The minimum Gasteiger partial charge on any atom is -0.496 e. The summed E-state index contributed by atoms with van der Waals surface area (Å²) in [5, 5.41) is 0.643. The highest BCUT2D eigenvalue weighted by Crippen LogP contribution is 2.32. The smallest absolute Gasteiger partial charge is 0.125 e. The van der Waals surface area contributed by atoms with E-state index in [0.717, 1.165) is 29.7 Å². The zero-order valence-electron chi connectivity index (χ0n) is 12.4. The van der Waals surface area contributed by atoms with Crippen LogP contribution in [-0.2, 0) is 6.42 Å². The predicted molar refractivity (Wildman–Crippen MR) is 87.6 cm³/mol. The molecule has 0 aliphatic heterocycles. The molecule has 1 atom stereocenters. The summed E-state index contributed by atoms with van der Waals surface area (Å²) < 4.78 is 5.41. The lowest BCUT2D eigenvalue weighted by molar-refractivity contribution is 0.404. The number of ether oxygens (including phenoxy) is 1. The van der Waals surface area contributed by atoms with Gasteiger partial charge in [-0.05, 0) is 29.7 Å². The summed E-state index contributed by atoms with van der Waals surface area (Å²) >= 11 is 6.01. The fourth-order valence-electron chi connectivity index (χ4n) is 2.45. The molecule has 2 rings (SSSR count). The molecule has 112 valence electrons. The monoisotopic (exact) mass is 304 g/mol. The van der Waals surface area contributed by atoms with E-state index in [0.29, 0.717) is 5.02 Å². The normalized spacial score (nSPS) is 12.2. The van der Waals surface area contributed by atoms with Gasteiger partial charge in [-0.3, -0.25) is 5.84 Å². The summed E-state index contributed by atoms with van der Waals surface area (Å²) in [4.78, 5) is 0. The first-order valence-electron chi connectivity index (χ1n) is 7.08. The Morgan fingerprint density at radius 1 is 1.19 bits per heavy atom. The molecule has 0 aromatic heterocycles. The fourth-order valence-corrected chi connectivity index (χ4v) is 2.62. The number of aryl methyl sites for hydroxylation is 1. The maximum atomic E-state index is 6.01. The molecule has 21 heavy (non-hydrogen) atoms. The highest BCUT2D eigenvalue weighted by molar-refractivity contribution is 6.30. The van der Waals surface area contributed by atoms with E-state index in [1.165, 1.54) is 5.56 Å². The van der Waals surface area contributed by atoms with Gasteiger partial charge < -0.3 is 4.74 Å². The third-order valence-electron chi connectivity index (χ3n) is 3.52. The summed E-state index contributed by atoms with van der Waals surface area (Å²) in [6.45, 7) is 2.18. The Morgan fingerprint density at radius 2 is 1.90 bits per heavy atom. The first-order chi connectivity index (χ1) is 10.2. The van der Waals surface area contributed by atoms with Crippen molar-refractivity contribution in [3.63, 3.8) is 0 Å². The van der Waals surface area contributed by atoms with E-state index in [2.05, 4.69) is 36.6 Å². The van der Waals surface area contributed by atoms with Gasteiger partial charge in [-0.2, -0.15) is 0 Å². The number of hydrazine groups is 1. The van der Waals surface area contributed by atoms with Crippen LogP contribution in [0.3, 0.4) is 0 Å². The Hall–Kier alpha value is -1.55. The maximum Gasteiger partial charge on any atom is 0.125 e. The zero-order valence-corrected chi connectivity index (χ0v) is 13.2. The molecule has 2 aromatic rings. The van der Waals surface area contributed by atoms with Crippen LogP contribution >= 0.6 is 11.6 Å². The van der Waals surface area contributed by atoms with Gasteiger partial charge in [0.25, 0.3) is 0 Å². The van der Waals surface area contributed by atoms with Crippen molar-refractivity contribution in [1.29, 1.82) is 0 Å². The third kappa shape index (κ3) is 3.76. The van der Waals surface area contributed by atoms with Gasteiger partial charge in [-0.25, -0.2) is 5.43 Å². The van der Waals surface area contributed by atoms with Gasteiger partial charge >= 0.3 is 0 Å². The summed E-state index contributed by atoms with van der Waals surface area (Å²) in [7, 11) is 1.63. The van der Waals surface area contributed by atoms with Crippen molar-refractivity contribution in [3.05, 3.63) is 64.2 Å². The molecule has 0 amide bonds. The molecule has 0 aliphatic rings. The van der Waals surface area contributed by atoms with Crippen LogP contribution in [0.1, 0.15) is 36.1 Å². The average Bonchev–Trinajstić information content (AvgIpc) is 2.51. The summed E-state index contributed by atoms with van der Waals surface area (Å²) in [6, 6.07) is 13.9. The number of hydrogen-bond acceptors (Lipinski definition) is 3. The van der Waals surface area contributed by atoms with E-state index in [4.69, 9.17) is 22.2 Å². The summed E-state index contributed by atoms with van der Waals surface area (Å²) in [5.41, 5.74) is 6.25. The lowest BCUT2D eigenvalue weighted by Gasteiger charge is -2.20. The molecule has 4 heteroatoms. The van der Waals surface area contributed by atoms with Crippen LogP contribution in [0.15, 0.2) is 42.5 Å². The minimum absolute atomic E-state index is 0.132. The number of halogens is 1. The molecule has 0 saturated heterocycles. The van der Waals surface area contributed by atoms with Gasteiger partial charge in [0.2, 0.25) is 0 Å². The van der Waals surface area contributed by atoms with E-state index >= 15 is 0 Å². The van der Waals surface area contributed by atoms with Crippen LogP contribution in [0.4, 0.5) is 0 Å². The maximum absolute atomic E-state index is 6.01. The van der Waals surface area contributed by atoms with Crippen molar-refractivity contribution in [2.75, 3.05) is 7.11 Å². The number of methoxy groups -OCH3 is 1. The molecule has 0 radical (unpaired) electrons. The van der Waals surface area contributed by atoms with Crippen molar-refractivity contribution in [3.8, 4) is 5.75 Å². The molecule has 2 aromatic carbocycles. The number of nitrogens with one attached hydrogen (secondary N) is 1. The molecule has 0 spiro atoms. The van der Waals surface area contributed by atoms with Gasteiger partial charge in [0.1, 0.15) is 5.75 Å². The number of nitrogens with two attached hydrogens (primary N) is 1. The molecule has 0 heterocycles. The Labute approximate surface area is 131 Å². The minimum atomic E-state index is -0.132. The molecular weight excluding hydrogens is 284 g/mol. The molecule has 0 bridgehead atoms. The molecule has 0 aliphatic carbocycles. The Morgan fingerprint density at radius 3 is 2.48 bits per heavy atom. The van der Waals surface area contributed by atoms with Crippen molar-refractivity contribution in [1.82, 2.24) is 5.43 Å². The third-order valence-corrected chi connectivity index (χ3v) is 3.76. The second kappa shape index (κ2) is 7.46. The van der Waals surface area contributed by atoms with E-state index in [1.807, 2.05) is 12.1 Å². The van der Waals surface area contributed by atoms with Crippen LogP contribution in [0.5, 0.6) is 5.75 Å². The lowest BCUT2D eigenvalue weighted by atomic mass is 9.97. The van der Waals surface area contributed by atoms with Crippen molar-refractivity contribution in [2.45, 2.75) is 25.8 Å². The van der Waals surface area contributed by atoms with Gasteiger partial charge in [0.05, 0.1) is 13.2 Å². The lowest BCUT2D eigenvalue weighted by Crippen LogP contribution is -2.29. The Balaban J connectivity index is 2.35. The second-order valence-electron chi connectivity index (χ2n) is 4.98. The van der Waals surface area contributed by atoms with Crippen LogP contribution in [0, 0.1) is 0 Å². The first-order valence-corrected chi connectivity index (χ1v) is 7.45. The van der Waals surface area contributed by atoms with Gasteiger partial charge in [0, 0.05) is 10.6 Å². The van der Waals surface area contributed by atoms with E-state index in [1.54, 1.807) is 13.2 Å². The predicted octanol–water partition coefficient (Wildman–Crippen LogP) is 3.85. The van der Waals surface area contributed by atoms with Crippen molar-refractivity contribution >= 4 is 11.6 Å². The van der Waals surface area contributed by atoms with Crippen LogP contribution in [0.2, 0.25) is 5.02 Å². The Kier molecular flexibility index (Phi) is 5.62. The van der Waals surface area contributed by atoms with E-state index in [-0.39, 0.29) is 6.04 Å². The van der Waals surface area contributed by atoms with E-state index in [9.17, 15) is 0 Å². The quantitative estimate of drug-likeness (QED) is 0.629. The van der Waals surface area contributed by atoms with Crippen LogP contribution in [-0.4, -0.2) is 7.11 Å². The standard InChI is InChI=1S/C17H21ClN2O/c1-3-4-12-5-7-13(8-6-12)17(20-19)15-10-9-14(18)11-16(15)21-2/h5-11,17,20H,3-4,19H2,1-2H3. The Bertz CT molecular complexity index is 584. The number of benzene rings is 2. The van der Waals surface area contributed by atoms with Crippen LogP contribution in [0.25, 0.3) is 0 Å². The molecule has 3 nitrogen and oxygen atoms in total. The van der Waals surface area contributed by atoms with Gasteiger partial charge in [-0.15, -0.1) is 0 Å². The molecule has 3 N–H and O–H groups in total. The molecule has 1 unspecified atom stereocenters. The molecule has 0 fully saturated rings. The average molecular weight is 305 g/mol. The first kappa shape index (κ1) is 15.8.